The van der Waals surface area contributed by atoms with Gasteiger partial charge < -0.3 is 24.8 Å². The van der Waals surface area contributed by atoms with E-state index < -0.39 is 5.97 Å². The highest BCUT2D eigenvalue weighted by molar-refractivity contribution is 6.06. The van der Waals surface area contributed by atoms with Gasteiger partial charge in [-0.15, -0.1) is 0 Å². The van der Waals surface area contributed by atoms with Crippen LogP contribution in [-0.4, -0.2) is 64.9 Å². The van der Waals surface area contributed by atoms with Crippen LogP contribution in [0.2, 0.25) is 0 Å². The van der Waals surface area contributed by atoms with Crippen LogP contribution in [0, 0.1) is 6.92 Å². The summed E-state index contributed by atoms with van der Waals surface area (Å²) in [4.78, 5) is 48.8. The van der Waals surface area contributed by atoms with Crippen LogP contribution in [0.15, 0.2) is 67.4 Å². The SMILES string of the molecule is C=CC(=O)Nc1cc(-c2c(-c3ccc(N4CCN(C(C)=O)CC4)cc3)[nH]c3ncc(C(=O)OC(C)C)cc23)ccc1C. The highest BCUT2D eigenvalue weighted by Crippen LogP contribution is 2.40. The minimum Gasteiger partial charge on any atom is -0.459 e. The second-order valence-corrected chi connectivity index (χ2v) is 10.7. The minimum atomic E-state index is -0.440. The molecule has 0 radical (unpaired) electrons. The van der Waals surface area contributed by atoms with E-state index in [4.69, 9.17) is 4.74 Å². The third-order valence-corrected chi connectivity index (χ3v) is 7.44. The highest BCUT2D eigenvalue weighted by Gasteiger charge is 2.22. The molecule has 2 aromatic heterocycles. The van der Waals surface area contributed by atoms with Crippen molar-refractivity contribution in [2.75, 3.05) is 36.4 Å². The Hall–Kier alpha value is -4.92. The third kappa shape index (κ3) is 5.90. The number of carbonyl (C=O) groups excluding carboxylic acids is 3. The van der Waals surface area contributed by atoms with Gasteiger partial charge in [-0.05, 0) is 67.8 Å². The molecule has 0 aliphatic carbocycles. The van der Waals surface area contributed by atoms with Crippen LogP contribution in [0.25, 0.3) is 33.4 Å². The van der Waals surface area contributed by atoms with Gasteiger partial charge in [0.25, 0.3) is 0 Å². The van der Waals surface area contributed by atoms with Crippen molar-refractivity contribution < 1.29 is 19.1 Å². The summed E-state index contributed by atoms with van der Waals surface area (Å²) < 4.78 is 5.43. The molecule has 0 spiro atoms. The average molecular weight is 566 g/mol. The van der Waals surface area contributed by atoms with Crippen LogP contribution in [0.3, 0.4) is 0 Å². The number of piperazine rings is 1. The first-order valence-electron chi connectivity index (χ1n) is 14.0. The molecule has 5 rings (SSSR count). The number of hydrogen-bond donors (Lipinski definition) is 2. The molecule has 216 valence electrons. The summed E-state index contributed by atoms with van der Waals surface area (Å²) in [6.45, 7) is 13.7. The van der Waals surface area contributed by atoms with E-state index in [0.29, 0.717) is 30.0 Å². The van der Waals surface area contributed by atoms with E-state index in [0.717, 1.165) is 52.1 Å². The van der Waals surface area contributed by atoms with E-state index in [1.54, 1.807) is 13.0 Å². The van der Waals surface area contributed by atoms with Crippen molar-refractivity contribution in [2.45, 2.75) is 33.8 Å². The smallest absolute Gasteiger partial charge is 0.339 e. The van der Waals surface area contributed by atoms with Crippen molar-refractivity contribution >= 4 is 40.2 Å². The summed E-state index contributed by atoms with van der Waals surface area (Å²) in [5.41, 5.74) is 7.13. The van der Waals surface area contributed by atoms with Crippen LogP contribution >= 0.6 is 0 Å². The Bertz CT molecular complexity index is 1660. The summed E-state index contributed by atoms with van der Waals surface area (Å²) in [6, 6.07) is 15.9. The van der Waals surface area contributed by atoms with Crippen LogP contribution in [0.4, 0.5) is 11.4 Å². The van der Waals surface area contributed by atoms with Gasteiger partial charge in [-0.3, -0.25) is 9.59 Å². The molecule has 1 saturated heterocycles. The molecule has 1 fully saturated rings. The molecule has 2 amide bonds. The van der Waals surface area contributed by atoms with Crippen LogP contribution in [0.5, 0.6) is 0 Å². The monoisotopic (exact) mass is 565 g/mol. The molecule has 2 aromatic carbocycles. The quantitative estimate of drug-likeness (QED) is 0.224. The van der Waals surface area contributed by atoms with Crippen LogP contribution < -0.4 is 10.2 Å². The number of fused-ring (bicyclic) bond motifs is 1. The van der Waals surface area contributed by atoms with Gasteiger partial charge in [0.05, 0.1) is 17.4 Å². The number of aryl methyl sites for hydroxylation is 1. The summed E-state index contributed by atoms with van der Waals surface area (Å²) >= 11 is 0. The Morgan fingerprint density at radius 3 is 2.36 bits per heavy atom. The zero-order valence-electron chi connectivity index (χ0n) is 24.4. The van der Waals surface area contributed by atoms with Gasteiger partial charge in [0.1, 0.15) is 5.65 Å². The molecule has 3 heterocycles. The van der Waals surface area contributed by atoms with Crippen molar-refractivity contribution in [2.24, 2.45) is 0 Å². The topological polar surface area (TPSA) is 108 Å². The number of hydrogen-bond acceptors (Lipinski definition) is 6. The van der Waals surface area contributed by atoms with Gasteiger partial charge >= 0.3 is 5.97 Å². The molecule has 9 nitrogen and oxygen atoms in total. The molecule has 42 heavy (non-hydrogen) atoms. The zero-order chi connectivity index (χ0) is 30.0. The normalized spacial score (nSPS) is 13.4. The Morgan fingerprint density at radius 2 is 1.71 bits per heavy atom. The van der Waals surface area contributed by atoms with E-state index in [2.05, 4.69) is 51.0 Å². The van der Waals surface area contributed by atoms with Gasteiger partial charge in [0.2, 0.25) is 11.8 Å². The summed E-state index contributed by atoms with van der Waals surface area (Å²) in [5, 5.41) is 3.65. The molecule has 0 saturated carbocycles. The number of H-pyrrole nitrogens is 1. The third-order valence-electron chi connectivity index (χ3n) is 7.44. The molecule has 2 N–H and O–H groups in total. The molecule has 1 aliphatic heterocycles. The number of nitrogens with zero attached hydrogens (tertiary/aromatic N) is 3. The number of aromatic amines is 1. The van der Waals surface area contributed by atoms with E-state index in [-0.39, 0.29) is 17.9 Å². The second kappa shape index (κ2) is 11.9. The van der Waals surface area contributed by atoms with Gasteiger partial charge in [-0.25, -0.2) is 9.78 Å². The Labute approximate surface area is 245 Å². The van der Waals surface area contributed by atoms with Crippen molar-refractivity contribution in [3.63, 3.8) is 0 Å². The van der Waals surface area contributed by atoms with Crippen molar-refractivity contribution in [1.29, 1.82) is 0 Å². The van der Waals surface area contributed by atoms with E-state index >= 15 is 0 Å². The molecule has 0 bridgehead atoms. The van der Waals surface area contributed by atoms with Gasteiger partial charge in [-0.2, -0.15) is 0 Å². The van der Waals surface area contributed by atoms with Crippen molar-refractivity contribution in [3.8, 4) is 22.4 Å². The van der Waals surface area contributed by atoms with E-state index in [1.165, 1.54) is 12.3 Å². The molecule has 0 unspecified atom stereocenters. The zero-order valence-corrected chi connectivity index (χ0v) is 24.4. The largest absolute Gasteiger partial charge is 0.459 e. The number of benzene rings is 2. The van der Waals surface area contributed by atoms with Gasteiger partial charge in [0, 0.05) is 61.6 Å². The molecule has 0 atom stereocenters. The molecule has 1 aliphatic rings. The fourth-order valence-electron chi connectivity index (χ4n) is 5.20. The number of carbonyl (C=O) groups is 3. The number of rotatable bonds is 7. The van der Waals surface area contributed by atoms with Crippen LogP contribution in [0.1, 0.15) is 36.7 Å². The fraction of sp³-hybridized carbons (Fsp3) is 0.273. The first-order chi connectivity index (χ1) is 20.1. The number of nitrogens with one attached hydrogen (secondary N) is 2. The van der Waals surface area contributed by atoms with E-state index in [9.17, 15) is 14.4 Å². The van der Waals surface area contributed by atoms with E-state index in [1.807, 2.05) is 43.9 Å². The van der Waals surface area contributed by atoms with Crippen molar-refractivity contribution in [3.05, 3.63) is 78.5 Å². The number of esters is 1. The Balaban J connectivity index is 1.58. The lowest BCUT2D eigenvalue weighted by Crippen LogP contribution is -2.48. The molecule has 4 aromatic rings. The second-order valence-electron chi connectivity index (χ2n) is 10.7. The number of pyridine rings is 1. The first kappa shape index (κ1) is 28.6. The number of aromatic nitrogens is 2. The standard InChI is InChI=1S/C33H35N5O4/c1-6-29(40)35-28-18-24(8-7-21(28)4)30-27-17-25(33(41)42-20(2)3)19-34-32(27)36-31(30)23-9-11-26(12-10-23)38-15-13-37(14-16-38)22(5)39/h6-12,17-20H,1,13-16H2,2-5H3,(H,34,36)(H,35,40). The summed E-state index contributed by atoms with van der Waals surface area (Å²) in [6.07, 6.45) is 2.50. The maximum absolute atomic E-state index is 12.8. The Morgan fingerprint density at radius 1 is 1.02 bits per heavy atom. The molecular weight excluding hydrogens is 530 g/mol. The van der Waals surface area contributed by atoms with Crippen LogP contribution in [-0.2, 0) is 14.3 Å². The maximum Gasteiger partial charge on any atom is 0.339 e. The minimum absolute atomic E-state index is 0.105. The predicted octanol–water partition coefficient (Wildman–Crippen LogP) is 5.56. The van der Waals surface area contributed by atoms with Gasteiger partial charge in [-0.1, -0.05) is 30.8 Å². The summed E-state index contributed by atoms with van der Waals surface area (Å²) in [7, 11) is 0. The summed E-state index contributed by atoms with van der Waals surface area (Å²) in [5.74, 6) is -0.631. The number of anilines is 2. The first-order valence-corrected chi connectivity index (χ1v) is 14.0. The maximum atomic E-state index is 12.8. The van der Waals surface area contributed by atoms with Crippen molar-refractivity contribution in [1.82, 2.24) is 14.9 Å². The number of amides is 2. The highest BCUT2D eigenvalue weighted by atomic mass is 16.5. The molecule has 9 heteroatoms. The fourth-order valence-corrected chi connectivity index (χ4v) is 5.20. The van der Waals surface area contributed by atoms with Gasteiger partial charge in [0.15, 0.2) is 0 Å². The predicted molar refractivity (Wildman–Crippen MR) is 166 cm³/mol. The lowest BCUT2D eigenvalue weighted by molar-refractivity contribution is -0.129. The number of ether oxygens (including phenoxy) is 1. The Kier molecular flexibility index (Phi) is 8.10. The average Bonchev–Trinajstić information content (AvgIpc) is 3.37. The lowest BCUT2D eigenvalue weighted by atomic mass is 9.96. The molecular formula is C33H35N5O4. The lowest BCUT2D eigenvalue weighted by Gasteiger charge is -2.35.